The number of halogens is 1. The van der Waals surface area contributed by atoms with Gasteiger partial charge in [0.15, 0.2) is 0 Å². The van der Waals surface area contributed by atoms with Crippen molar-refractivity contribution < 1.29 is 9.13 Å². The molecule has 0 aliphatic carbocycles. The Morgan fingerprint density at radius 1 is 0.667 bits per heavy atom. The molecule has 3 rings (SSSR count). The normalized spacial score (nSPS) is 10.6. The van der Waals surface area contributed by atoms with E-state index in [4.69, 9.17) is 4.74 Å². The first-order chi connectivity index (χ1) is 11.7. The fourth-order valence-electron chi connectivity index (χ4n) is 2.71. The lowest BCUT2D eigenvalue weighted by atomic mass is 10.0. The molecule has 24 heavy (non-hydrogen) atoms. The summed E-state index contributed by atoms with van der Waals surface area (Å²) in [5.41, 5.74) is 4.75. The van der Waals surface area contributed by atoms with Crippen LogP contribution >= 0.6 is 0 Å². The molecule has 0 fully saturated rings. The molecule has 0 atom stereocenters. The van der Waals surface area contributed by atoms with Crippen LogP contribution in [0.4, 0.5) is 4.39 Å². The first-order valence-electron chi connectivity index (χ1n) is 8.31. The van der Waals surface area contributed by atoms with E-state index in [1.54, 1.807) is 0 Å². The maximum Gasteiger partial charge on any atom is 0.123 e. The van der Waals surface area contributed by atoms with E-state index < -0.39 is 0 Å². The highest BCUT2D eigenvalue weighted by molar-refractivity contribution is 5.63. The Balaban J connectivity index is 1.60. The van der Waals surface area contributed by atoms with Gasteiger partial charge in [0, 0.05) is 0 Å². The van der Waals surface area contributed by atoms with Crippen molar-refractivity contribution in [1.82, 2.24) is 0 Å². The molecule has 0 spiro atoms. The number of benzene rings is 3. The molecular weight excluding hydrogens is 299 g/mol. The van der Waals surface area contributed by atoms with Crippen molar-refractivity contribution in [1.29, 1.82) is 0 Å². The van der Waals surface area contributed by atoms with Gasteiger partial charge in [0.05, 0.1) is 6.61 Å². The molecule has 0 aromatic heterocycles. The van der Waals surface area contributed by atoms with Crippen molar-refractivity contribution in [2.75, 3.05) is 6.61 Å². The number of hydrogen-bond acceptors (Lipinski definition) is 1. The van der Waals surface area contributed by atoms with E-state index in [2.05, 4.69) is 36.4 Å². The van der Waals surface area contributed by atoms with Gasteiger partial charge < -0.3 is 4.74 Å². The zero-order chi connectivity index (χ0) is 16.8. The molecule has 0 aliphatic rings. The van der Waals surface area contributed by atoms with E-state index in [-0.39, 0.29) is 5.82 Å². The Bertz CT molecular complexity index is 759. The Morgan fingerprint density at radius 2 is 1.12 bits per heavy atom. The van der Waals surface area contributed by atoms with Crippen LogP contribution in [0.5, 0.6) is 5.75 Å². The van der Waals surface area contributed by atoms with Gasteiger partial charge in [-0.05, 0) is 66.3 Å². The summed E-state index contributed by atoms with van der Waals surface area (Å²) in [5, 5.41) is 0. The van der Waals surface area contributed by atoms with Crippen LogP contribution in [0.1, 0.15) is 18.1 Å². The summed E-state index contributed by atoms with van der Waals surface area (Å²) in [6.07, 6.45) is 2.00. The van der Waals surface area contributed by atoms with Gasteiger partial charge in [-0.3, -0.25) is 0 Å². The predicted molar refractivity (Wildman–Crippen MR) is 96.9 cm³/mol. The van der Waals surface area contributed by atoms with Crippen LogP contribution in [0.15, 0.2) is 72.8 Å². The molecule has 0 N–H and O–H groups in total. The second-order valence-corrected chi connectivity index (χ2v) is 5.78. The van der Waals surface area contributed by atoms with Crippen LogP contribution in [0.2, 0.25) is 0 Å². The monoisotopic (exact) mass is 320 g/mol. The molecule has 0 saturated carbocycles. The number of ether oxygens (including phenoxy) is 1. The van der Waals surface area contributed by atoms with E-state index in [9.17, 15) is 4.39 Å². The Labute approximate surface area is 142 Å². The molecule has 0 unspecified atom stereocenters. The van der Waals surface area contributed by atoms with Gasteiger partial charge in [-0.1, -0.05) is 48.5 Å². The molecular formula is C22H21FO. The molecule has 0 amide bonds. The zero-order valence-corrected chi connectivity index (χ0v) is 13.8. The summed E-state index contributed by atoms with van der Waals surface area (Å²) in [4.78, 5) is 0. The van der Waals surface area contributed by atoms with E-state index in [0.29, 0.717) is 6.61 Å². The Hall–Kier alpha value is -2.61. The molecule has 0 radical (unpaired) electrons. The summed E-state index contributed by atoms with van der Waals surface area (Å²) in [7, 11) is 0. The fraction of sp³-hybridized carbons (Fsp3) is 0.182. The third-order valence-electron chi connectivity index (χ3n) is 4.07. The van der Waals surface area contributed by atoms with Gasteiger partial charge in [-0.15, -0.1) is 0 Å². The van der Waals surface area contributed by atoms with Crippen molar-refractivity contribution in [2.45, 2.75) is 19.8 Å². The summed E-state index contributed by atoms with van der Waals surface area (Å²) >= 11 is 0. The molecule has 1 nitrogen and oxygen atoms in total. The molecule has 3 aromatic rings. The molecule has 0 aliphatic heterocycles. The maximum atomic E-state index is 13.0. The average Bonchev–Trinajstić information content (AvgIpc) is 2.63. The van der Waals surface area contributed by atoms with Crippen LogP contribution in [-0.4, -0.2) is 6.61 Å². The first kappa shape index (κ1) is 16.3. The standard InChI is InChI=1S/C22H21FO/c1-2-24-22-15-7-18(8-16-22)4-3-17-5-9-19(10-6-17)20-11-13-21(23)14-12-20/h5-16H,2-4H2,1H3. The van der Waals surface area contributed by atoms with Crippen LogP contribution in [0, 0.1) is 5.82 Å². The summed E-state index contributed by atoms with van der Waals surface area (Å²) < 4.78 is 18.5. The minimum atomic E-state index is -0.203. The van der Waals surface area contributed by atoms with Crippen molar-refractivity contribution in [3.05, 3.63) is 89.7 Å². The second-order valence-electron chi connectivity index (χ2n) is 5.78. The highest BCUT2D eigenvalue weighted by atomic mass is 19.1. The second kappa shape index (κ2) is 7.78. The lowest BCUT2D eigenvalue weighted by molar-refractivity contribution is 0.340. The van der Waals surface area contributed by atoms with E-state index in [1.807, 2.05) is 31.2 Å². The summed E-state index contributed by atoms with van der Waals surface area (Å²) in [6.45, 7) is 2.68. The quantitative estimate of drug-likeness (QED) is 0.568. The highest BCUT2D eigenvalue weighted by Gasteiger charge is 2.01. The molecule has 0 bridgehead atoms. The lowest BCUT2D eigenvalue weighted by Gasteiger charge is -2.07. The Morgan fingerprint density at radius 3 is 1.62 bits per heavy atom. The minimum absolute atomic E-state index is 0.203. The third kappa shape index (κ3) is 4.23. The van der Waals surface area contributed by atoms with Gasteiger partial charge in [0.2, 0.25) is 0 Å². The predicted octanol–water partition coefficient (Wildman–Crippen LogP) is 5.68. The summed E-state index contributed by atoms with van der Waals surface area (Å²) in [5.74, 6) is 0.718. The van der Waals surface area contributed by atoms with Crippen LogP contribution in [-0.2, 0) is 12.8 Å². The number of hydrogen-bond donors (Lipinski definition) is 0. The SMILES string of the molecule is CCOc1ccc(CCc2ccc(-c3ccc(F)cc3)cc2)cc1. The fourth-order valence-corrected chi connectivity index (χ4v) is 2.71. The van der Waals surface area contributed by atoms with Gasteiger partial charge in [0.25, 0.3) is 0 Å². The molecule has 2 heteroatoms. The van der Waals surface area contributed by atoms with E-state index in [0.717, 1.165) is 29.7 Å². The van der Waals surface area contributed by atoms with E-state index in [1.165, 1.54) is 23.3 Å². The number of rotatable bonds is 6. The van der Waals surface area contributed by atoms with Crippen LogP contribution in [0.25, 0.3) is 11.1 Å². The topological polar surface area (TPSA) is 9.23 Å². The van der Waals surface area contributed by atoms with Gasteiger partial charge in [-0.2, -0.15) is 0 Å². The van der Waals surface area contributed by atoms with Crippen molar-refractivity contribution in [3.63, 3.8) is 0 Å². The molecule has 0 heterocycles. The van der Waals surface area contributed by atoms with Crippen molar-refractivity contribution in [2.24, 2.45) is 0 Å². The molecule has 122 valence electrons. The maximum absolute atomic E-state index is 13.0. The molecule has 0 saturated heterocycles. The Kier molecular flexibility index (Phi) is 5.27. The smallest absolute Gasteiger partial charge is 0.123 e. The van der Waals surface area contributed by atoms with Gasteiger partial charge in [0.1, 0.15) is 11.6 Å². The minimum Gasteiger partial charge on any atom is -0.494 e. The first-order valence-corrected chi connectivity index (χ1v) is 8.31. The van der Waals surface area contributed by atoms with Crippen LogP contribution < -0.4 is 4.74 Å². The van der Waals surface area contributed by atoms with Crippen LogP contribution in [0.3, 0.4) is 0 Å². The third-order valence-corrected chi connectivity index (χ3v) is 4.07. The van der Waals surface area contributed by atoms with Gasteiger partial charge >= 0.3 is 0 Å². The number of aryl methyl sites for hydroxylation is 2. The highest BCUT2D eigenvalue weighted by Crippen LogP contribution is 2.21. The summed E-state index contributed by atoms with van der Waals surface area (Å²) in [6, 6.07) is 23.4. The lowest BCUT2D eigenvalue weighted by Crippen LogP contribution is -1.94. The van der Waals surface area contributed by atoms with E-state index >= 15 is 0 Å². The molecule has 3 aromatic carbocycles. The van der Waals surface area contributed by atoms with Crippen molar-refractivity contribution in [3.8, 4) is 16.9 Å². The average molecular weight is 320 g/mol. The largest absolute Gasteiger partial charge is 0.494 e. The van der Waals surface area contributed by atoms with Crippen molar-refractivity contribution >= 4 is 0 Å². The zero-order valence-electron chi connectivity index (χ0n) is 13.8. The van der Waals surface area contributed by atoms with Gasteiger partial charge in [-0.25, -0.2) is 4.39 Å².